The van der Waals surface area contributed by atoms with E-state index in [0.717, 1.165) is 23.6 Å². The molecular weight excluding hydrogens is 353 g/mol. The van der Waals surface area contributed by atoms with Gasteiger partial charge in [0.1, 0.15) is 11.6 Å². The molecule has 3 rings (SSSR count). The fourth-order valence-corrected chi connectivity index (χ4v) is 2.50. The Bertz CT molecular complexity index is 723. The number of halogens is 4. The van der Waals surface area contributed by atoms with Crippen LogP contribution in [0.2, 0.25) is 13.1 Å². The first-order valence-electron chi connectivity index (χ1n) is 7.27. The maximum atomic E-state index is 13.3. The number of hydrogen-bond acceptors (Lipinski definition) is 0. The van der Waals surface area contributed by atoms with E-state index in [1.54, 1.807) is 0 Å². The van der Waals surface area contributed by atoms with Gasteiger partial charge in [0.2, 0.25) is 6.69 Å². The number of fused-ring (bicyclic) bond motifs is 1. The van der Waals surface area contributed by atoms with Crippen LogP contribution in [0.1, 0.15) is 18.1 Å². The molecule has 0 spiro atoms. The topological polar surface area (TPSA) is 0 Å². The minimum atomic E-state index is -1.67. The van der Waals surface area contributed by atoms with Crippen LogP contribution in [0.25, 0.3) is 17.2 Å². The van der Waals surface area contributed by atoms with E-state index in [4.69, 9.17) is 22.2 Å². The van der Waals surface area contributed by atoms with Crippen LogP contribution in [0.15, 0.2) is 42.0 Å². The normalized spacial score (nSPS) is 13.1. The summed E-state index contributed by atoms with van der Waals surface area (Å²) in [6.07, 6.45) is 3.01. The Morgan fingerprint density at radius 2 is 1.57 bits per heavy atom. The molecule has 5 heteroatoms. The summed E-state index contributed by atoms with van der Waals surface area (Å²) in [5, 5.41) is 0. The van der Waals surface area contributed by atoms with Crippen LogP contribution in [-0.4, -0.2) is 6.69 Å². The number of hydrogen-bond donors (Lipinski definition) is 0. The average Bonchev–Trinajstić information content (AvgIpc) is 2.75. The van der Waals surface area contributed by atoms with E-state index in [-0.39, 0.29) is 0 Å². The molecule has 2 aromatic carbocycles. The molecule has 0 N–H and O–H groups in total. The van der Waals surface area contributed by atoms with Crippen molar-refractivity contribution in [1.29, 1.82) is 0 Å². The molecular formula is C18H18Cl2F2Si. The smallest absolute Gasteiger partial charge is 0.207 e. The van der Waals surface area contributed by atoms with Gasteiger partial charge in [-0.25, -0.2) is 8.78 Å². The highest BCUT2D eigenvalue weighted by Gasteiger charge is 2.15. The van der Waals surface area contributed by atoms with Gasteiger partial charge in [-0.15, -0.1) is 22.2 Å². The molecule has 23 heavy (non-hydrogen) atoms. The Labute approximate surface area is 146 Å². The minimum Gasteiger partial charge on any atom is -0.207 e. The van der Waals surface area contributed by atoms with Crippen LogP contribution in [0.5, 0.6) is 0 Å². The lowest BCUT2D eigenvalue weighted by Crippen LogP contribution is -2.02. The SMILES string of the molecule is CC1=Cc2c(cccc2-c2cc(F)cc(F)c2)C1.C[Si](C)(Cl)Cl. The van der Waals surface area contributed by atoms with Crippen LogP contribution in [0, 0.1) is 11.6 Å². The summed E-state index contributed by atoms with van der Waals surface area (Å²) in [5.41, 5.74) is 5.06. The molecule has 0 saturated heterocycles. The molecule has 0 fully saturated rings. The van der Waals surface area contributed by atoms with E-state index in [0.29, 0.717) is 5.56 Å². The zero-order chi connectivity index (χ0) is 17.2. The first-order chi connectivity index (χ1) is 10.6. The van der Waals surface area contributed by atoms with Crippen molar-refractivity contribution < 1.29 is 8.78 Å². The second kappa shape index (κ2) is 7.16. The van der Waals surface area contributed by atoms with Crippen LogP contribution >= 0.6 is 22.2 Å². The van der Waals surface area contributed by atoms with Crippen molar-refractivity contribution in [3.63, 3.8) is 0 Å². The summed E-state index contributed by atoms with van der Waals surface area (Å²) in [7, 11) is 0. The van der Waals surface area contributed by atoms with Gasteiger partial charge in [0.05, 0.1) is 0 Å². The van der Waals surface area contributed by atoms with Crippen LogP contribution in [0.3, 0.4) is 0 Å². The summed E-state index contributed by atoms with van der Waals surface area (Å²) in [5.74, 6) is -1.08. The third kappa shape index (κ3) is 5.45. The van der Waals surface area contributed by atoms with Gasteiger partial charge >= 0.3 is 0 Å². The fourth-order valence-electron chi connectivity index (χ4n) is 2.50. The van der Waals surface area contributed by atoms with Crippen molar-refractivity contribution in [3.8, 4) is 11.1 Å². The van der Waals surface area contributed by atoms with Crippen molar-refractivity contribution >= 4 is 34.9 Å². The molecule has 0 amide bonds. The van der Waals surface area contributed by atoms with Crippen molar-refractivity contribution in [2.24, 2.45) is 0 Å². The Balaban J connectivity index is 0.000000338. The second-order valence-electron chi connectivity index (χ2n) is 6.03. The molecule has 122 valence electrons. The zero-order valence-corrected chi connectivity index (χ0v) is 15.8. The van der Waals surface area contributed by atoms with Crippen LogP contribution in [0.4, 0.5) is 8.78 Å². The molecule has 0 atom stereocenters. The predicted octanol–water partition coefficient (Wildman–Crippen LogP) is 6.76. The summed E-state index contributed by atoms with van der Waals surface area (Å²) in [4.78, 5) is 0. The Morgan fingerprint density at radius 1 is 1.00 bits per heavy atom. The maximum absolute atomic E-state index is 13.3. The molecule has 0 bridgehead atoms. The molecule has 0 nitrogen and oxygen atoms in total. The van der Waals surface area contributed by atoms with Crippen molar-refractivity contribution in [1.82, 2.24) is 0 Å². The van der Waals surface area contributed by atoms with Crippen LogP contribution < -0.4 is 0 Å². The zero-order valence-electron chi connectivity index (χ0n) is 13.3. The average molecular weight is 371 g/mol. The predicted molar refractivity (Wildman–Crippen MR) is 98.3 cm³/mol. The lowest BCUT2D eigenvalue weighted by molar-refractivity contribution is 0.584. The molecule has 0 aliphatic heterocycles. The summed E-state index contributed by atoms with van der Waals surface area (Å²) < 4.78 is 26.6. The van der Waals surface area contributed by atoms with Crippen molar-refractivity contribution in [2.45, 2.75) is 26.4 Å². The van der Waals surface area contributed by atoms with E-state index < -0.39 is 18.3 Å². The quantitative estimate of drug-likeness (QED) is 0.384. The third-order valence-corrected chi connectivity index (χ3v) is 3.23. The largest absolute Gasteiger partial charge is 0.245 e. The first-order valence-corrected chi connectivity index (χ1v) is 12.3. The fraction of sp³-hybridized carbons (Fsp3) is 0.222. The van der Waals surface area contributed by atoms with Crippen LogP contribution in [-0.2, 0) is 6.42 Å². The Hall–Kier alpha value is -1.16. The molecule has 1 aliphatic rings. The second-order valence-corrected chi connectivity index (χ2v) is 14.9. The Morgan fingerprint density at radius 3 is 2.13 bits per heavy atom. The van der Waals surface area contributed by atoms with Gasteiger partial charge in [-0.1, -0.05) is 29.8 Å². The highest BCUT2D eigenvalue weighted by atomic mass is 35.7. The monoisotopic (exact) mass is 370 g/mol. The third-order valence-electron chi connectivity index (χ3n) is 3.23. The molecule has 0 unspecified atom stereocenters. The van der Waals surface area contributed by atoms with E-state index in [1.165, 1.54) is 23.3 Å². The molecule has 0 radical (unpaired) electrons. The van der Waals surface area contributed by atoms with Gasteiger partial charge in [-0.05, 0) is 60.8 Å². The number of benzene rings is 2. The molecule has 2 aromatic rings. The number of rotatable bonds is 1. The number of allylic oxidation sites excluding steroid dienone is 1. The lowest BCUT2D eigenvalue weighted by atomic mass is 9.97. The molecule has 1 aliphatic carbocycles. The van der Waals surface area contributed by atoms with Gasteiger partial charge in [0.25, 0.3) is 0 Å². The molecule has 0 saturated carbocycles. The Kier molecular flexibility index (Phi) is 5.66. The van der Waals surface area contributed by atoms with Crippen molar-refractivity contribution in [2.75, 3.05) is 0 Å². The highest BCUT2D eigenvalue weighted by Crippen LogP contribution is 2.34. The van der Waals surface area contributed by atoms with Gasteiger partial charge < -0.3 is 0 Å². The summed E-state index contributed by atoms with van der Waals surface area (Å²) in [6, 6.07) is 9.54. The molecule has 0 heterocycles. The first kappa shape index (κ1) is 18.2. The van der Waals surface area contributed by atoms with E-state index in [1.807, 2.05) is 25.2 Å². The highest BCUT2D eigenvalue weighted by molar-refractivity contribution is 7.44. The van der Waals surface area contributed by atoms with Crippen molar-refractivity contribution in [3.05, 3.63) is 64.7 Å². The van der Waals surface area contributed by atoms with Gasteiger partial charge in [0.15, 0.2) is 0 Å². The maximum Gasteiger partial charge on any atom is 0.245 e. The minimum absolute atomic E-state index is 0.540. The van der Waals surface area contributed by atoms with E-state index >= 15 is 0 Å². The molecule has 0 aromatic heterocycles. The van der Waals surface area contributed by atoms with Gasteiger partial charge in [-0.3, -0.25) is 0 Å². The summed E-state index contributed by atoms with van der Waals surface area (Å²) in [6.45, 7) is 4.11. The van der Waals surface area contributed by atoms with Gasteiger partial charge in [0, 0.05) is 6.07 Å². The standard InChI is InChI=1S/C16H12F2.C2H6Cl2Si/c1-10-5-11-3-2-4-15(16(11)6-10)12-7-13(17)9-14(18)8-12;1-5(2,3)4/h2-4,6-9H,5H2,1H3;1-2H3. The summed E-state index contributed by atoms with van der Waals surface area (Å²) >= 11 is 10.9. The van der Waals surface area contributed by atoms with Gasteiger partial charge in [-0.2, -0.15) is 0 Å². The van der Waals surface area contributed by atoms with E-state index in [2.05, 4.69) is 19.1 Å². The lowest BCUT2D eigenvalue weighted by Gasteiger charge is -2.08. The van der Waals surface area contributed by atoms with E-state index in [9.17, 15) is 8.78 Å².